The van der Waals surface area contributed by atoms with Gasteiger partial charge in [0.2, 0.25) is 5.91 Å². The smallest absolute Gasteiger partial charge is 0.475 e. The van der Waals surface area contributed by atoms with Crippen LogP contribution in [0.5, 0.6) is 0 Å². The summed E-state index contributed by atoms with van der Waals surface area (Å²) in [6.07, 6.45) is 1.50. The molecule has 0 aliphatic carbocycles. The van der Waals surface area contributed by atoms with E-state index in [1.54, 1.807) is 12.4 Å². The number of carboxylic acids is 1. The molecule has 0 atom stereocenters. The van der Waals surface area contributed by atoms with Crippen LogP contribution in [0.25, 0.3) is 10.9 Å². The fraction of sp³-hybridized carbons (Fsp3) is 0.125. The number of anilines is 3. The van der Waals surface area contributed by atoms with Gasteiger partial charge in [0.1, 0.15) is 0 Å². The molecule has 2 aromatic carbocycles. The molecular formula is C24H20BrF3N4O3. The standard InChI is InChI=1S/C22H19BrN4O.C2HF3O2/c23-19-12-16(8-9-21(19)26-17-4-3-11-24-14-17)27-22(28)10-7-15-13-25-20-6-2-1-5-18(15)20;3-2(4,5)1(6)7/h1-6,8-9,11-14,25-26H,7,10H2,(H,27,28);(H,6,7). The number of H-pyrrole nitrogens is 1. The maximum atomic E-state index is 12.4. The zero-order chi connectivity index (χ0) is 25.4. The highest BCUT2D eigenvalue weighted by molar-refractivity contribution is 9.10. The molecule has 0 saturated carbocycles. The Hall–Kier alpha value is -3.86. The Morgan fingerprint density at radius 1 is 1.06 bits per heavy atom. The molecule has 0 saturated heterocycles. The van der Waals surface area contributed by atoms with Crippen molar-refractivity contribution < 1.29 is 27.9 Å². The third kappa shape index (κ3) is 7.57. The molecule has 11 heteroatoms. The highest BCUT2D eigenvalue weighted by Gasteiger charge is 2.38. The van der Waals surface area contributed by atoms with Crippen LogP contribution in [0.2, 0.25) is 0 Å². The number of amides is 1. The van der Waals surface area contributed by atoms with Gasteiger partial charge in [-0.05, 0) is 64.3 Å². The van der Waals surface area contributed by atoms with E-state index in [4.69, 9.17) is 9.90 Å². The molecule has 0 unspecified atom stereocenters. The number of aromatic amines is 1. The number of rotatable bonds is 6. The van der Waals surface area contributed by atoms with Crippen LogP contribution in [0.1, 0.15) is 12.0 Å². The van der Waals surface area contributed by atoms with E-state index >= 15 is 0 Å². The second kappa shape index (κ2) is 11.5. The second-order valence-corrected chi connectivity index (χ2v) is 8.13. The number of para-hydroxylation sites is 1. The molecule has 4 aromatic rings. The van der Waals surface area contributed by atoms with Gasteiger partial charge in [0.05, 0.1) is 17.6 Å². The van der Waals surface area contributed by atoms with Crippen molar-refractivity contribution in [3.63, 3.8) is 0 Å². The topological polar surface area (TPSA) is 107 Å². The highest BCUT2D eigenvalue weighted by atomic mass is 79.9. The largest absolute Gasteiger partial charge is 0.490 e. The summed E-state index contributed by atoms with van der Waals surface area (Å²) in [5, 5.41) is 14.5. The monoisotopic (exact) mass is 548 g/mol. The predicted octanol–water partition coefficient (Wildman–Crippen LogP) is 6.27. The van der Waals surface area contributed by atoms with Crippen molar-refractivity contribution in [3.8, 4) is 0 Å². The van der Waals surface area contributed by atoms with Crippen molar-refractivity contribution in [1.29, 1.82) is 0 Å². The summed E-state index contributed by atoms with van der Waals surface area (Å²) in [6.45, 7) is 0. The molecule has 0 aliphatic heterocycles. The molecule has 2 aromatic heterocycles. The van der Waals surface area contributed by atoms with Crippen molar-refractivity contribution in [3.05, 3.63) is 83.2 Å². The molecule has 35 heavy (non-hydrogen) atoms. The number of hydrogen-bond acceptors (Lipinski definition) is 4. The Balaban J connectivity index is 0.000000429. The molecule has 4 rings (SSSR count). The molecule has 0 radical (unpaired) electrons. The summed E-state index contributed by atoms with van der Waals surface area (Å²) in [6, 6.07) is 17.6. The number of nitrogens with one attached hydrogen (secondary N) is 3. The molecule has 0 fully saturated rings. The second-order valence-electron chi connectivity index (χ2n) is 7.27. The Kier molecular flexibility index (Phi) is 8.48. The Bertz CT molecular complexity index is 1310. The van der Waals surface area contributed by atoms with Crippen LogP contribution in [0.4, 0.5) is 30.2 Å². The average molecular weight is 549 g/mol. The van der Waals surface area contributed by atoms with Gasteiger partial charge in [0, 0.05) is 39.9 Å². The zero-order valence-corrected chi connectivity index (χ0v) is 19.7. The molecule has 182 valence electrons. The summed E-state index contributed by atoms with van der Waals surface area (Å²) in [7, 11) is 0. The first-order valence-corrected chi connectivity index (χ1v) is 11.0. The fourth-order valence-corrected chi connectivity index (χ4v) is 3.57. The Labute approximate surface area is 206 Å². The number of carbonyl (C=O) groups excluding carboxylic acids is 1. The number of alkyl halides is 3. The van der Waals surface area contributed by atoms with Crippen molar-refractivity contribution in [2.75, 3.05) is 10.6 Å². The van der Waals surface area contributed by atoms with Crippen LogP contribution in [-0.2, 0) is 16.0 Å². The van der Waals surface area contributed by atoms with Crippen LogP contribution >= 0.6 is 15.9 Å². The van der Waals surface area contributed by atoms with Crippen LogP contribution in [-0.4, -0.2) is 33.1 Å². The number of halogens is 4. The van der Waals surface area contributed by atoms with E-state index in [1.807, 2.05) is 54.7 Å². The van der Waals surface area contributed by atoms with E-state index < -0.39 is 12.1 Å². The lowest BCUT2D eigenvalue weighted by molar-refractivity contribution is -0.192. The van der Waals surface area contributed by atoms with E-state index in [0.717, 1.165) is 32.6 Å². The van der Waals surface area contributed by atoms with E-state index in [-0.39, 0.29) is 5.91 Å². The Morgan fingerprint density at radius 2 is 1.80 bits per heavy atom. The fourth-order valence-electron chi connectivity index (χ4n) is 3.10. The van der Waals surface area contributed by atoms with Gasteiger partial charge in [-0.1, -0.05) is 18.2 Å². The lowest BCUT2D eigenvalue weighted by Gasteiger charge is -2.11. The van der Waals surface area contributed by atoms with Gasteiger partial charge in [0.25, 0.3) is 0 Å². The first-order chi connectivity index (χ1) is 16.6. The van der Waals surface area contributed by atoms with Crippen molar-refractivity contribution in [1.82, 2.24) is 9.97 Å². The minimum Gasteiger partial charge on any atom is -0.475 e. The normalized spacial score (nSPS) is 10.9. The summed E-state index contributed by atoms with van der Waals surface area (Å²) in [5.74, 6) is -2.77. The quantitative estimate of drug-likeness (QED) is 0.227. The number of benzene rings is 2. The van der Waals surface area contributed by atoms with Gasteiger partial charge >= 0.3 is 12.1 Å². The first-order valence-electron chi connectivity index (χ1n) is 10.2. The number of aryl methyl sites for hydroxylation is 1. The van der Waals surface area contributed by atoms with E-state index in [9.17, 15) is 18.0 Å². The molecule has 0 aliphatic rings. The minimum absolute atomic E-state index is 0.00912. The number of nitrogens with zero attached hydrogens (tertiary/aromatic N) is 1. The number of carbonyl (C=O) groups is 2. The first kappa shape index (κ1) is 25.8. The van der Waals surface area contributed by atoms with Gasteiger partial charge in [0.15, 0.2) is 0 Å². The number of aromatic nitrogens is 2. The van der Waals surface area contributed by atoms with E-state index in [0.29, 0.717) is 12.8 Å². The summed E-state index contributed by atoms with van der Waals surface area (Å²) < 4.78 is 32.6. The third-order valence-electron chi connectivity index (χ3n) is 4.73. The zero-order valence-electron chi connectivity index (χ0n) is 18.1. The Morgan fingerprint density at radius 3 is 2.46 bits per heavy atom. The van der Waals surface area contributed by atoms with Gasteiger partial charge < -0.3 is 20.7 Å². The van der Waals surface area contributed by atoms with E-state index in [2.05, 4.69) is 42.6 Å². The van der Waals surface area contributed by atoms with Crippen LogP contribution < -0.4 is 10.6 Å². The molecule has 4 N–H and O–H groups in total. The molecule has 2 heterocycles. The number of pyridine rings is 1. The number of carboxylic acid groups (broad SMARTS) is 1. The van der Waals surface area contributed by atoms with Gasteiger partial charge in [-0.2, -0.15) is 13.2 Å². The summed E-state index contributed by atoms with van der Waals surface area (Å²) >= 11 is 3.55. The average Bonchev–Trinajstić information content (AvgIpc) is 3.23. The number of hydrogen-bond donors (Lipinski definition) is 4. The maximum absolute atomic E-state index is 12.4. The molecule has 0 spiro atoms. The molecule has 7 nitrogen and oxygen atoms in total. The maximum Gasteiger partial charge on any atom is 0.490 e. The number of fused-ring (bicyclic) bond motifs is 1. The van der Waals surface area contributed by atoms with Gasteiger partial charge in [-0.25, -0.2) is 4.79 Å². The van der Waals surface area contributed by atoms with Crippen LogP contribution in [0.3, 0.4) is 0 Å². The molecule has 1 amide bonds. The lowest BCUT2D eigenvalue weighted by atomic mass is 10.1. The minimum atomic E-state index is -5.08. The highest BCUT2D eigenvalue weighted by Crippen LogP contribution is 2.29. The van der Waals surface area contributed by atoms with E-state index in [1.165, 1.54) is 5.39 Å². The van der Waals surface area contributed by atoms with Crippen molar-refractivity contribution in [2.24, 2.45) is 0 Å². The van der Waals surface area contributed by atoms with Crippen molar-refractivity contribution in [2.45, 2.75) is 19.0 Å². The van der Waals surface area contributed by atoms with Crippen LogP contribution in [0.15, 0.2) is 77.7 Å². The predicted molar refractivity (Wildman–Crippen MR) is 131 cm³/mol. The molecular weight excluding hydrogens is 529 g/mol. The van der Waals surface area contributed by atoms with Crippen LogP contribution in [0, 0.1) is 0 Å². The van der Waals surface area contributed by atoms with Crippen molar-refractivity contribution >= 4 is 55.8 Å². The summed E-state index contributed by atoms with van der Waals surface area (Å²) in [5.41, 5.74) is 4.82. The van der Waals surface area contributed by atoms with Gasteiger partial charge in [-0.3, -0.25) is 9.78 Å². The summed E-state index contributed by atoms with van der Waals surface area (Å²) in [4.78, 5) is 28.6. The lowest BCUT2D eigenvalue weighted by Crippen LogP contribution is -2.21. The molecule has 0 bridgehead atoms. The SMILES string of the molecule is O=C(CCc1c[nH]c2ccccc12)Nc1ccc(Nc2cccnc2)c(Br)c1.O=C(O)C(F)(F)F. The number of aliphatic carboxylic acids is 1. The van der Waals surface area contributed by atoms with Gasteiger partial charge in [-0.15, -0.1) is 0 Å². The third-order valence-corrected chi connectivity index (χ3v) is 5.39.